The Labute approximate surface area is 486 Å². The van der Waals surface area contributed by atoms with Gasteiger partial charge in [0.05, 0.1) is 18.8 Å². The fourth-order valence-electron chi connectivity index (χ4n) is 12.0. The van der Waals surface area contributed by atoms with Crippen LogP contribution in [0, 0.1) is 0 Å². The van der Waals surface area contributed by atoms with Gasteiger partial charge in [-0.2, -0.15) is 0 Å². The highest BCUT2D eigenvalue weighted by molar-refractivity contribution is 5.76. The molecule has 2 atom stereocenters. The molecule has 2 unspecified atom stereocenters. The number of nitrogens with one attached hydrogen (secondary N) is 1. The summed E-state index contributed by atoms with van der Waals surface area (Å²) < 4.78 is 0. The van der Waals surface area contributed by atoms with Crippen molar-refractivity contribution in [3.63, 3.8) is 0 Å². The minimum atomic E-state index is -0.658. The Hall–Kier alpha value is -0.870. The average molecular weight is 1080 g/mol. The van der Waals surface area contributed by atoms with E-state index in [9.17, 15) is 15.0 Å². The van der Waals surface area contributed by atoms with E-state index in [-0.39, 0.29) is 12.5 Å². The van der Waals surface area contributed by atoms with Crippen molar-refractivity contribution in [2.24, 2.45) is 0 Å². The highest BCUT2D eigenvalue weighted by Gasteiger charge is 2.20. The first-order chi connectivity index (χ1) is 38.2. The number of allylic oxidation sites excluding steroid dienone is 2. The van der Waals surface area contributed by atoms with E-state index in [1.165, 1.54) is 379 Å². The van der Waals surface area contributed by atoms with E-state index < -0.39 is 12.1 Å². The van der Waals surface area contributed by atoms with Crippen LogP contribution in [0.15, 0.2) is 12.2 Å². The molecule has 0 aromatic rings. The minimum Gasteiger partial charge on any atom is -0.394 e. The predicted molar refractivity (Wildman–Crippen MR) is 346 cm³/mol. The van der Waals surface area contributed by atoms with Gasteiger partial charge in [0.2, 0.25) is 5.91 Å². The SMILES string of the molecule is CCCCCCCCCC/C=C\CCCCCCCCCCCCCCCCCCCCCCCCCC(=O)NC(CO)C(O)CCCCCCCCCCCCCCCCCCCCCCCCCCCCCCCC. The van der Waals surface area contributed by atoms with E-state index in [1.807, 2.05) is 0 Å². The lowest BCUT2D eigenvalue weighted by atomic mass is 10.0. The Balaban J connectivity index is 3.36. The first-order valence-electron chi connectivity index (χ1n) is 36.4. The molecule has 0 radical (unpaired) electrons. The molecule has 3 N–H and O–H groups in total. The average Bonchev–Trinajstić information content (AvgIpc) is 3.43. The topological polar surface area (TPSA) is 69.6 Å². The minimum absolute atomic E-state index is 0.0200. The Bertz CT molecular complexity index is 1090. The maximum atomic E-state index is 12.6. The Morgan fingerprint density at radius 1 is 0.299 bits per heavy atom. The number of unbranched alkanes of at least 4 members (excludes halogenated alkanes) is 60. The van der Waals surface area contributed by atoms with Gasteiger partial charge in [-0.3, -0.25) is 4.79 Å². The van der Waals surface area contributed by atoms with E-state index in [4.69, 9.17) is 0 Å². The molecule has 0 aromatic heterocycles. The summed E-state index contributed by atoms with van der Waals surface area (Å²) in [6, 6.07) is -0.534. The quantitative estimate of drug-likeness (QED) is 0.0420. The molecule has 77 heavy (non-hydrogen) atoms. The zero-order valence-corrected chi connectivity index (χ0v) is 53.3. The molecule has 0 rings (SSSR count). The lowest BCUT2D eigenvalue weighted by molar-refractivity contribution is -0.123. The third kappa shape index (κ3) is 65.8. The van der Waals surface area contributed by atoms with Gasteiger partial charge in [-0.05, 0) is 38.5 Å². The molecule has 0 aliphatic rings. The summed E-state index contributed by atoms with van der Waals surface area (Å²) >= 11 is 0. The number of aliphatic hydroxyl groups excluding tert-OH is 2. The van der Waals surface area contributed by atoms with Gasteiger partial charge in [-0.1, -0.05) is 398 Å². The van der Waals surface area contributed by atoms with Crippen molar-refractivity contribution in [1.29, 1.82) is 0 Å². The molecular weight excluding hydrogens is 939 g/mol. The largest absolute Gasteiger partial charge is 0.394 e. The number of carbonyl (C=O) groups excluding carboxylic acids is 1. The van der Waals surface area contributed by atoms with E-state index in [0.717, 1.165) is 25.7 Å². The number of aliphatic hydroxyl groups is 2. The normalized spacial score (nSPS) is 12.6. The molecule has 0 heterocycles. The molecule has 4 nitrogen and oxygen atoms in total. The summed E-state index contributed by atoms with van der Waals surface area (Å²) in [6.45, 7) is 4.42. The summed E-state index contributed by atoms with van der Waals surface area (Å²) in [6.07, 6.45) is 92.9. The van der Waals surface area contributed by atoms with Gasteiger partial charge in [0.15, 0.2) is 0 Å². The van der Waals surface area contributed by atoms with E-state index in [2.05, 4.69) is 31.3 Å². The molecule has 0 fully saturated rings. The van der Waals surface area contributed by atoms with Crippen molar-refractivity contribution in [3.05, 3.63) is 12.2 Å². The van der Waals surface area contributed by atoms with Crippen LogP contribution < -0.4 is 5.32 Å². The van der Waals surface area contributed by atoms with Crippen molar-refractivity contribution >= 4 is 5.91 Å². The molecule has 4 heteroatoms. The highest BCUT2D eigenvalue weighted by Crippen LogP contribution is 2.20. The predicted octanol–water partition coefficient (Wildman–Crippen LogP) is 24.8. The van der Waals surface area contributed by atoms with E-state index in [0.29, 0.717) is 12.8 Å². The van der Waals surface area contributed by atoms with Crippen LogP contribution in [0.5, 0.6) is 0 Å². The smallest absolute Gasteiger partial charge is 0.220 e. The van der Waals surface area contributed by atoms with Crippen molar-refractivity contribution in [1.82, 2.24) is 5.32 Å². The molecule has 0 aromatic carbocycles. The van der Waals surface area contributed by atoms with E-state index in [1.54, 1.807) is 0 Å². The van der Waals surface area contributed by atoms with E-state index >= 15 is 0 Å². The molecular formula is C73H145NO3. The fourth-order valence-corrected chi connectivity index (χ4v) is 12.0. The highest BCUT2D eigenvalue weighted by atomic mass is 16.3. The van der Waals surface area contributed by atoms with Gasteiger partial charge in [0.1, 0.15) is 0 Å². The monoisotopic (exact) mass is 1080 g/mol. The fraction of sp³-hybridized carbons (Fsp3) is 0.959. The second-order valence-electron chi connectivity index (χ2n) is 25.4. The van der Waals surface area contributed by atoms with Crippen LogP contribution in [-0.4, -0.2) is 34.9 Å². The van der Waals surface area contributed by atoms with Crippen LogP contribution in [0.2, 0.25) is 0 Å². The summed E-state index contributed by atoms with van der Waals surface area (Å²) in [4.78, 5) is 12.6. The van der Waals surface area contributed by atoms with Gasteiger partial charge in [-0.25, -0.2) is 0 Å². The number of amides is 1. The summed E-state index contributed by atoms with van der Waals surface area (Å²) in [5.74, 6) is -0.0200. The number of rotatable bonds is 69. The van der Waals surface area contributed by atoms with Crippen LogP contribution in [0.1, 0.15) is 431 Å². The third-order valence-electron chi connectivity index (χ3n) is 17.5. The maximum absolute atomic E-state index is 12.6. The summed E-state index contributed by atoms with van der Waals surface area (Å²) in [5.41, 5.74) is 0. The Morgan fingerprint density at radius 3 is 0.714 bits per heavy atom. The maximum Gasteiger partial charge on any atom is 0.220 e. The molecule has 460 valence electrons. The first kappa shape index (κ1) is 76.1. The van der Waals surface area contributed by atoms with Gasteiger partial charge < -0.3 is 15.5 Å². The zero-order valence-electron chi connectivity index (χ0n) is 53.3. The summed E-state index contributed by atoms with van der Waals surface area (Å²) in [5, 5.41) is 23.5. The third-order valence-corrected chi connectivity index (χ3v) is 17.5. The second-order valence-corrected chi connectivity index (χ2v) is 25.4. The molecule has 0 spiro atoms. The van der Waals surface area contributed by atoms with Crippen molar-refractivity contribution in [2.75, 3.05) is 6.61 Å². The van der Waals surface area contributed by atoms with Crippen molar-refractivity contribution in [3.8, 4) is 0 Å². The molecule has 0 aliphatic heterocycles. The van der Waals surface area contributed by atoms with Crippen molar-refractivity contribution < 1.29 is 15.0 Å². The van der Waals surface area contributed by atoms with Gasteiger partial charge in [0, 0.05) is 6.42 Å². The standard InChI is InChI=1S/C73H145NO3/c1-3-5-7-9-11-13-15-17-19-21-23-25-27-29-31-33-35-36-37-38-39-41-43-45-47-49-51-53-55-57-59-61-63-65-67-69-73(77)74-71(70-75)72(76)68-66-64-62-60-58-56-54-52-50-48-46-44-42-40-34-32-30-28-26-24-22-20-18-16-14-12-10-8-6-4-2/h21,23,71-72,75-76H,3-20,22,24-70H2,1-2H3,(H,74,77)/b23-21-. The van der Waals surface area contributed by atoms with Gasteiger partial charge >= 0.3 is 0 Å². The van der Waals surface area contributed by atoms with Crippen LogP contribution in [0.3, 0.4) is 0 Å². The van der Waals surface area contributed by atoms with Gasteiger partial charge in [0.25, 0.3) is 0 Å². The summed E-state index contributed by atoms with van der Waals surface area (Å²) in [7, 11) is 0. The second kappa shape index (κ2) is 69.4. The molecule has 0 saturated carbocycles. The first-order valence-corrected chi connectivity index (χ1v) is 36.4. The van der Waals surface area contributed by atoms with Crippen molar-refractivity contribution in [2.45, 2.75) is 443 Å². The lowest BCUT2D eigenvalue weighted by Crippen LogP contribution is -2.45. The number of hydrogen-bond donors (Lipinski definition) is 3. The van der Waals surface area contributed by atoms with Crippen LogP contribution in [-0.2, 0) is 4.79 Å². The van der Waals surface area contributed by atoms with Crippen LogP contribution in [0.4, 0.5) is 0 Å². The Kier molecular flexibility index (Phi) is 68.6. The molecule has 1 amide bonds. The zero-order chi connectivity index (χ0) is 55.5. The van der Waals surface area contributed by atoms with Gasteiger partial charge in [-0.15, -0.1) is 0 Å². The Morgan fingerprint density at radius 2 is 0.494 bits per heavy atom. The number of hydrogen-bond acceptors (Lipinski definition) is 3. The van der Waals surface area contributed by atoms with Crippen LogP contribution in [0.25, 0.3) is 0 Å². The number of carbonyl (C=O) groups is 1. The lowest BCUT2D eigenvalue weighted by Gasteiger charge is -2.22. The molecule has 0 saturated heterocycles. The van der Waals surface area contributed by atoms with Crippen LogP contribution >= 0.6 is 0 Å². The molecule has 0 aliphatic carbocycles. The molecule has 0 bridgehead atoms.